The van der Waals surface area contributed by atoms with Crippen LogP contribution in [-0.2, 0) is 24.8 Å². The standard InChI is InChI=1S/C23H33F2N5O3S/c1-23(24,25)15-33-22-28-19-13-30(10-8-20(19)34-22)9-7-16-3-5-17(6-4-16)27-21(31)14-32-18-11-26-29(2)12-18/h11-12,16-17H,3-10,13-15H2,1-2H3,(H,27,31). The minimum atomic E-state index is -2.85. The van der Waals surface area contributed by atoms with Crippen molar-refractivity contribution in [2.24, 2.45) is 13.0 Å². The topological polar surface area (TPSA) is 81.5 Å². The second-order valence-electron chi connectivity index (χ2n) is 9.45. The van der Waals surface area contributed by atoms with Crippen LogP contribution < -0.4 is 14.8 Å². The molecule has 0 radical (unpaired) electrons. The van der Waals surface area contributed by atoms with E-state index in [0.717, 1.165) is 75.7 Å². The first kappa shape index (κ1) is 24.8. The summed E-state index contributed by atoms with van der Waals surface area (Å²) in [7, 11) is 1.80. The van der Waals surface area contributed by atoms with Gasteiger partial charge in [0.05, 0.1) is 18.1 Å². The van der Waals surface area contributed by atoms with Crippen molar-refractivity contribution in [3.63, 3.8) is 0 Å². The molecule has 0 saturated heterocycles. The highest BCUT2D eigenvalue weighted by atomic mass is 32.1. The lowest BCUT2D eigenvalue weighted by Crippen LogP contribution is -2.40. The molecule has 4 rings (SSSR count). The summed E-state index contributed by atoms with van der Waals surface area (Å²) in [4.78, 5) is 20.2. The van der Waals surface area contributed by atoms with Crippen molar-refractivity contribution in [3.8, 4) is 10.9 Å². The maximum absolute atomic E-state index is 13.0. The van der Waals surface area contributed by atoms with E-state index in [2.05, 4.69) is 20.3 Å². The molecule has 3 heterocycles. The van der Waals surface area contributed by atoms with Gasteiger partial charge in [-0.15, -0.1) is 0 Å². The number of aromatic nitrogens is 3. The molecule has 1 N–H and O–H groups in total. The number of hydrogen-bond donors (Lipinski definition) is 1. The molecule has 1 aliphatic heterocycles. The van der Waals surface area contributed by atoms with Crippen LogP contribution in [0.25, 0.3) is 0 Å². The highest BCUT2D eigenvalue weighted by Gasteiger charge is 2.27. The Hall–Kier alpha value is -2.27. The molecule has 0 spiro atoms. The molecule has 8 nitrogen and oxygen atoms in total. The van der Waals surface area contributed by atoms with Crippen molar-refractivity contribution < 1.29 is 23.0 Å². The Morgan fingerprint density at radius 2 is 2.09 bits per heavy atom. The van der Waals surface area contributed by atoms with E-state index < -0.39 is 12.5 Å². The molecule has 1 saturated carbocycles. The zero-order valence-corrected chi connectivity index (χ0v) is 20.6. The van der Waals surface area contributed by atoms with Crippen molar-refractivity contribution in [2.45, 2.75) is 64.0 Å². The van der Waals surface area contributed by atoms with Gasteiger partial charge in [0.1, 0.15) is 0 Å². The van der Waals surface area contributed by atoms with E-state index in [9.17, 15) is 13.6 Å². The largest absolute Gasteiger partial charge is 0.480 e. The van der Waals surface area contributed by atoms with Crippen LogP contribution >= 0.6 is 11.3 Å². The molecular weight excluding hydrogens is 464 g/mol. The fraction of sp³-hybridized carbons (Fsp3) is 0.696. The molecule has 34 heavy (non-hydrogen) atoms. The molecule has 2 aromatic rings. The second-order valence-corrected chi connectivity index (χ2v) is 10.5. The molecule has 0 unspecified atom stereocenters. The second kappa shape index (κ2) is 11.0. The third kappa shape index (κ3) is 7.36. The highest BCUT2D eigenvalue weighted by Crippen LogP contribution is 2.32. The predicted octanol–water partition coefficient (Wildman–Crippen LogP) is 3.41. The number of nitrogens with one attached hydrogen (secondary N) is 1. The third-order valence-electron chi connectivity index (χ3n) is 6.35. The number of alkyl halides is 2. The van der Waals surface area contributed by atoms with E-state index in [1.54, 1.807) is 24.1 Å². The number of thiazole rings is 1. The minimum Gasteiger partial charge on any atom is -0.480 e. The van der Waals surface area contributed by atoms with E-state index in [-0.39, 0.29) is 18.6 Å². The Morgan fingerprint density at radius 3 is 2.79 bits per heavy atom. The number of rotatable bonds is 10. The number of carbonyl (C=O) groups excluding carboxylic acids is 1. The lowest BCUT2D eigenvalue weighted by molar-refractivity contribution is -0.124. The molecule has 2 aromatic heterocycles. The molecule has 2 aliphatic rings. The normalized spacial score (nSPS) is 21.2. The fourth-order valence-corrected chi connectivity index (χ4v) is 5.43. The first-order valence-corrected chi connectivity index (χ1v) is 12.7. The van der Waals surface area contributed by atoms with Gasteiger partial charge in [-0.25, -0.2) is 13.8 Å². The molecule has 11 heteroatoms. The van der Waals surface area contributed by atoms with Crippen molar-refractivity contribution in [1.29, 1.82) is 0 Å². The van der Waals surface area contributed by atoms with Gasteiger partial charge in [-0.3, -0.25) is 14.4 Å². The Labute approximate surface area is 202 Å². The van der Waals surface area contributed by atoms with Crippen molar-refractivity contribution in [2.75, 3.05) is 26.3 Å². The molecule has 1 amide bonds. The van der Waals surface area contributed by atoms with Crippen LogP contribution in [0, 0.1) is 5.92 Å². The van der Waals surface area contributed by atoms with Crippen LogP contribution in [-0.4, -0.2) is 63.8 Å². The van der Waals surface area contributed by atoms with Gasteiger partial charge in [0.2, 0.25) is 0 Å². The van der Waals surface area contributed by atoms with Gasteiger partial charge in [0, 0.05) is 38.0 Å². The van der Waals surface area contributed by atoms with Crippen molar-refractivity contribution in [3.05, 3.63) is 23.0 Å². The monoisotopic (exact) mass is 497 g/mol. The van der Waals surface area contributed by atoms with Crippen LogP contribution in [0.5, 0.6) is 10.9 Å². The maximum Gasteiger partial charge on any atom is 0.278 e. The smallest absolute Gasteiger partial charge is 0.278 e. The lowest BCUT2D eigenvalue weighted by atomic mass is 9.84. The van der Waals surface area contributed by atoms with Crippen molar-refractivity contribution in [1.82, 2.24) is 25.0 Å². The Bertz CT molecular complexity index is 953. The van der Waals surface area contributed by atoms with Gasteiger partial charge in [0.25, 0.3) is 17.0 Å². The van der Waals surface area contributed by atoms with Crippen LogP contribution in [0.2, 0.25) is 0 Å². The summed E-state index contributed by atoms with van der Waals surface area (Å²) in [5.74, 6) is -1.70. The van der Waals surface area contributed by atoms with Gasteiger partial charge in [-0.05, 0) is 51.0 Å². The maximum atomic E-state index is 13.0. The number of ether oxygens (including phenoxy) is 2. The number of fused-ring (bicyclic) bond motifs is 1. The van der Waals surface area contributed by atoms with Gasteiger partial charge in [-0.2, -0.15) is 5.10 Å². The molecule has 1 aliphatic carbocycles. The first-order chi connectivity index (χ1) is 16.2. The molecule has 0 bridgehead atoms. The highest BCUT2D eigenvalue weighted by molar-refractivity contribution is 7.13. The third-order valence-corrected chi connectivity index (χ3v) is 7.42. The number of aryl methyl sites for hydroxylation is 1. The van der Waals surface area contributed by atoms with E-state index >= 15 is 0 Å². The van der Waals surface area contributed by atoms with Gasteiger partial charge < -0.3 is 14.8 Å². The summed E-state index contributed by atoms with van der Waals surface area (Å²) in [6, 6.07) is 0.211. The van der Waals surface area contributed by atoms with E-state index in [4.69, 9.17) is 9.47 Å². The number of halogens is 2. The Balaban J connectivity index is 1.12. The average Bonchev–Trinajstić information content (AvgIpc) is 3.40. The summed E-state index contributed by atoms with van der Waals surface area (Å²) in [6.45, 7) is 2.93. The summed E-state index contributed by atoms with van der Waals surface area (Å²) in [5, 5.41) is 7.45. The quantitative estimate of drug-likeness (QED) is 0.542. The molecular formula is C23H33F2N5O3S. The number of amides is 1. The molecule has 188 valence electrons. The molecule has 1 fully saturated rings. The predicted molar refractivity (Wildman–Crippen MR) is 124 cm³/mol. The summed E-state index contributed by atoms with van der Waals surface area (Å²) in [6.07, 6.45) is 9.52. The Kier molecular flexibility index (Phi) is 8.02. The van der Waals surface area contributed by atoms with E-state index in [1.807, 2.05) is 0 Å². The Morgan fingerprint density at radius 1 is 1.29 bits per heavy atom. The average molecular weight is 498 g/mol. The number of hydrogen-bond acceptors (Lipinski definition) is 7. The zero-order valence-electron chi connectivity index (χ0n) is 19.8. The number of nitrogens with zero attached hydrogens (tertiary/aromatic N) is 4. The number of carbonyl (C=O) groups is 1. The molecule has 0 aromatic carbocycles. The molecule has 0 atom stereocenters. The fourth-order valence-electron chi connectivity index (χ4n) is 4.52. The SMILES string of the molecule is Cn1cc(OCC(=O)NC2CCC(CCN3CCc4sc(OCC(C)(F)F)nc4C3)CC2)cn1. The van der Waals surface area contributed by atoms with E-state index in [1.165, 1.54) is 11.3 Å². The summed E-state index contributed by atoms with van der Waals surface area (Å²) in [5.41, 5.74) is 0.964. The lowest BCUT2D eigenvalue weighted by Gasteiger charge is -2.31. The minimum absolute atomic E-state index is 0.00676. The summed E-state index contributed by atoms with van der Waals surface area (Å²) < 4.78 is 38.4. The van der Waals surface area contributed by atoms with Crippen LogP contribution in [0.1, 0.15) is 49.6 Å². The van der Waals surface area contributed by atoms with Crippen molar-refractivity contribution >= 4 is 17.2 Å². The van der Waals surface area contributed by atoms with Crippen LogP contribution in [0.3, 0.4) is 0 Å². The van der Waals surface area contributed by atoms with Gasteiger partial charge in [-0.1, -0.05) is 11.3 Å². The van der Waals surface area contributed by atoms with Crippen LogP contribution in [0.4, 0.5) is 8.78 Å². The summed E-state index contributed by atoms with van der Waals surface area (Å²) >= 11 is 1.39. The first-order valence-electron chi connectivity index (χ1n) is 11.9. The van der Waals surface area contributed by atoms with E-state index in [0.29, 0.717) is 16.9 Å². The zero-order chi connectivity index (χ0) is 24.1. The van der Waals surface area contributed by atoms with Gasteiger partial charge >= 0.3 is 0 Å². The van der Waals surface area contributed by atoms with Gasteiger partial charge in [0.15, 0.2) is 19.0 Å². The van der Waals surface area contributed by atoms with Crippen LogP contribution in [0.15, 0.2) is 12.4 Å².